The van der Waals surface area contributed by atoms with Crippen molar-refractivity contribution >= 4 is 17.5 Å². The first-order valence-electron chi connectivity index (χ1n) is 5.93. The topological polar surface area (TPSA) is 58.6 Å². The van der Waals surface area contributed by atoms with Crippen molar-refractivity contribution in [1.29, 1.82) is 0 Å². The average molecular weight is 290 g/mol. The summed E-state index contributed by atoms with van der Waals surface area (Å²) in [7, 11) is 0. The molecule has 0 aromatic heterocycles. The molecule has 106 valence electrons. The lowest BCUT2D eigenvalue weighted by molar-refractivity contribution is -0.123. The highest BCUT2D eigenvalue weighted by atomic mass is 35.5. The van der Waals surface area contributed by atoms with Crippen LogP contribution in [0, 0.1) is 5.82 Å². The van der Waals surface area contributed by atoms with Gasteiger partial charge >= 0.3 is 0 Å². The molecule has 1 aromatic rings. The Morgan fingerprint density at radius 2 is 2.21 bits per heavy atom. The SMILES string of the molecule is CC(O)CC(C)NC(=O)COc1ccc(F)cc1Cl. The number of amides is 1. The summed E-state index contributed by atoms with van der Waals surface area (Å²) in [6, 6.07) is 3.53. The van der Waals surface area contributed by atoms with Gasteiger partial charge in [0.05, 0.1) is 11.1 Å². The van der Waals surface area contributed by atoms with Crippen molar-refractivity contribution in [2.45, 2.75) is 32.4 Å². The zero-order valence-electron chi connectivity index (χ0n) is 10.8. The van der Waals surface area contributed by atoms with Gasteiger partial charge < -0.3 is 15.2 Å². The fourth-order valence-electron chi connectivity index (χ4n) is 1.62. The van der Waals surface area contributed by atoms with Gasteiger partial charge in [0.25, 0.3) is 5.91 Å². The number of benzene rings is 1. The van der Waals surface area contributed by atoms with Crippen molar-refractivity contribution in [3.8, 4) is 5.75 Å². The van der Waals surface area contributed by atoms with E-state index in [4.69, 9.17) is 16.3 Å². The third-order valence-electron chi connectivity index (χ3n) is 2.35. The Labute approximate surface area is 116 Å². The maximum atomic E-state index is 12.8. The van der Waals surface area contributed by atoms with Gasteiger partial charge in [-0.1, -0.05) is 11.6 Å². The molecule has 2 unspecified atom stereocenters. The molecule has 2 N–H and O–H groups in total. The Balaban J connectivity index is 2.41. The molecule has 1 rings (SSSR count). The molecular formula is C13H17ClFNO3. The second-order valence-electron chi connectivity index (χ2n) is 4.42. The highest BCUT2D eigenvalue weighted by Crippen LogP contribution is 2.24. The van der Waals surface area contributed by atoms with E-state index in [1.165, 1.54) is 12.1 Å². The molecule has 6 heteroatoms. The van der Waals surface area contributed by atoms with E-state index in [2.05, 4.69) is 5.32 Å². The predicted octanol–water partition coefficient (Wildman–Crippen LogP) is 2.13. The van der Waals surface area contributed by atoms with E-state index in [0.29, 0.717) is 6.42 Å². The Hall–Kier alpha value is -1.33. The van der Waals surface area contributed by atoms with Gasteiger partial charge in [0.1, 0.15) is 11.6 Å². The molecule has 0 saturated heterocycles. The molecule has 0 heterocycles. The number of carbonyl (C=O) groups is 1. The highest BCUT2D eigenvalue weighted by molar-refractivity contribution is 6.32. The lowest BCUT2D eigenvalue weighted by Gasteiger charge is -2.15. The van der Waals surface area contributed by atoms with Crippen LogP contribution < -0.4 is 10.1 Å². The van der Waals surface area contributed by atoms with E-state index < -0.39 is 11.9 Å². The van der Waals surface area contributed by atoms with Crippen molar-refractivity contribution in [3.63, 3.8) is 0 Å². The van der Waals surface area contributed by atoms with Gasteiger partial charge in [-0.2, -0.15) is 0 Å². The smallest absolute Gasteiger partial charge is 0.258 e. The predicted molar refractivity (Wildman–Crippen MR) is 70.8 cm³/mol. The summed E-state index contributed by atoms with van der Waals surface area (Å²) >= 11 is 5.76. The van der Waals surface area contributed by atoms with Crippen LogP contribution in [0.25, 0.3) is 0 Å². The molecule has 0 bridgehead atoms. The molecule has 0 radical (unpaired) electrons. The number of hydrogen-bond acceptors (Lipinski definition) is 3. The lowest BCUT2D eigenvalue weighted by atomic mass is 10.1. The van der Waals surface area contributed by atoms with Crippen molar-refractivity contribution in [2.24, 2.45) is 0 Å². The number of ether oxygens (including phenoxy) is 1. The third kappa shape index (κ3) is 5.89. The van der Waals surface area contributed by atoms with Crippen LogP contribution in [-0.2, 0) is 4.79 Å². The standard InChI is InChI=1S/C13H17ClFNO3/c1-8(5-9(2)17)16-13(18)7-19-12-4-3-10(15)6-11(12)14/h3-4,6,8-9,17H,5,7H2,1-2H3,(H,16,18). The number of halogens is 2. The largest absolute Gasteiger partial charge is 0.482 e. The van der Waals surface area contributed by atoms with E-state index in [9.17, 15) is 14.3 Å². The molecule has 0 aliphatic heterocycles. The molecule has 1 amide bonds. The van der Waals surface area contributed by atoms with Crippen LogP contribution in [0.3, 0.4) is 0 Å². The summed E-state index contributed by atoms with van der Waals surface area (Å²) in [6.07, 6.45) is -0.0222. The Bertz CT molecular complexity index is 440. The van der Waals surface area contributed by atoms with Crippen LogP contribution in [0.15, 0.2) is 18.2 Å². The summed E-state index contributed by atoms with van der Waals surface area (Å²) in [4.78, 5) is 11.6. The first-order valence-corrected chi connectivity index (χ1v) is 6.31. The number of hydrogen-bond donors (Lipinski definition) is 2. The van der Waals surface area contributed by atoms with Gasteiger partial charge in [0, 0.05) is 6.04 Å². The zero-order valence-corrected chi connectivity index (χ0v) is 11.6. The number of rotatable bonds is 6. The number of carbonyl (C=O) groups excluding carboxylic acids is 1. The van der Waals surface area contributed by atoms with Gasteiger partial charge in [0.2, 0.25) is 0 Å². The normalized spacial score (nSPS) is 13.7. The summed E-state index contributed by atoms with van der Waals surface area (Å²) in [5.74, 6) is -0.540. The molecule has 0 aliphatic carbocycles. The fraction of sp³-hybridized carbons (Fsp3) is 0.462. The highest BCUT2D eigenvalue weighted by Gasteiger charge is 2.11. The molecule has 0 spiro atoms. The van der Waals surface area contributed by atoms with Crippen molar-refractivity contribution < 1.29 is 19.0 Å². The van der Waals surface area contributed by atoms with E-state index in [-0.39, 0.29) is 29.3 Å². The molecular weight excluding hydrogens is 273 g/mol. The Morgan fingerprint density at radius 1 is 1.53 bits per heavy atom. The molecule has 0 aliphatic rings. The molecule has 19 heavy (non-hydrogen) atoms. The van der Waals surface area contributed by atoms with E-state index in [0.717, 1.165) is 6.07 Å². The maximum Gasteiger partial charge on any atom is 0.258 e. The van der Waals surface area contributed by atoms with E-state index >= 15 is 0 Å². The molecule has 0 fully saturated rings. The van der Waals surface area contributed by atoms with Crippen LogP contribution in [-0.4, -0.2) is 29.8 Å². The summed E-state index contributed by atoms with van der Waals surface area (Å²) in [5.41, 5.74) is 0. The fourth-order valence-corrected chi connectivity index (χ4v) is 1.84. The average Bonchev–Trinajstić information content (AvgIpc) is 2.26. The third-order valence-corrected chi connectivity index (χ3v) is 2.65. The summed E-state index contributed by atoms with van der Waals surface area (Å²) in [6.45, 7) is 3.22. The zero-order chi connectivity index (χ0) is 14.4. The van der Waals surface area contributed by atoms with Gasteiger partial charge in [-0.15, -0.1) is 0 Å². The van der Waals surface area contributed by atoms with E-state index in [1.807, 2.05) is 0 Å². The minimum absolute atomic E-state index is 0.116. The van der Waals surface area contributed by atoms with Gasteiger partial charge in [-0.25, -0.2) is 4.39 Å². The number of nitrogens with one attached hydrogen (secondary N) is 1. The first-order chi connectivity index (χ1) is 8.88. The molecule has 4 nitrogen and oxygen atoms in total. The van der Waals surface area contributed by atoms with Crippen molar-refractivity contribution in [1.82, 2.24) is 5.32 Å². The van der Waals surface area contributed by atoms with Crippen LogP contribution >= 0.6 is 11.6 Å². The maximum absolute atomic E-state index is 12.8. The van der Waals surface area contributed by atoms with Crippen LogP contribution in [0.2, 0.25) is 5.02 Å². The van der Waals surface area contributed by atoms with Gasteiger partial charge in [-0.05, 0) is 38.5 Å². The van der Waals surface area contributed by atoms with Crippen molar-refractivity contribution in [3.05, 3.63) is 29.0 Å². The van der Waals surface area contributed by atoms with Gasteiger partial charge in [0.15, 0.2) is 6.61 Å². The monoisotopic (exact) mass is 289 g/mol. The van der Waals surface area contributed by atoms with Crippen LogP contribution in [0.5, 0.6) is 5.75 Å². The van der Waals surface area contributed by atoms with Gasteiger partial charge in [-0.3, -0.25) is 4.79 Å². The van der Waals surface area contributed by atoms with Crippen LogP contribution in [0.4, 0.5) is 4.39 Å². The Kier molecular flexibility index (Phi) is 6.05. The minimum Gasteiger partial charge on any atom is -0.482 e. The number of aliphatic hydroxyl groups excluding tert-OH is 1. The lowest BCUT2D eigenvalue weighted by Crippen LogP contribution is -2.37. The molecule has 0 saturated carbocycles. The summed E-state index contributed by atoms with van der Waals surface area (Å²) < 4.78 is 18.0. The number of aliphatic hydroxyl groups is 1. The second-order valence-corrected chi connectivity index (χ2v) is 4.82. The molecule has 2 atom stereocenters. The quantitative estimate of drug-likeness (QED) is 0.843. The Morgan fingerprint density at radius 3 is 2.79 bits per heavy atom. The minimum atomic E-state index is -0.484. The van der Waals surface area contributed by atoms with Crippen LogP contribution in [0.1, 0.15) is 20.3 Å². The summed E-state index contributed by atoms with van der Waals surface area (Å²) in [5, 5.41) is 12.0. The van der Waals surface area contributed by atoms with E-state index in [1.54, 1.807) is 13.8 Å². The molecule has 1 aromatic carbocycles. The first kappa shape index (κ1) is 15.7. The van der Waals surface area contributed by atoms with Crippen molar-refractivity contribution in [2.75, 3.05) is 6.61 Å². The second kappa shape index (κ2) is 7.31.